The van der Waals surface area contributed by atoms with Gasteiger partial charge in [0.15, 0.2) is 16.6 Å². The second kappa shape index (κ2) is 11.0. The first-order valence-electron chi connectivity index (χ1n) is 10.5. The Kier molecular flexibility index (Phi) is 8.07. The number of carbonyl (C=O) groups is 2. The molecular formula is C22H29N3O4S. The highest BCUT2D eigenvalue weighted by molar-refractivity contribution is 7.14. The minimum atomic E-state index is -0.122. The van der Waals surface area contributed by atoms with Crippen LogP contribution in [0.5, 0.6) is 11.5 Å². The van der Waals surface area contributed by atoms with Crippen molar-refractivity contribution in [1.29, 1.82) is 0 Å². The number of aromatic nitrogens is 1. The Balaban J connectivity index is 1.48. The fourth-order valence-corrected chi connectivity index (χ4v) is 4.04. The Morgan fingerprint density at radius 3 is 2.57 bits per heavy atom. The van der Waals surface area contributed by atoms with Crippen LogP contribution in [0, 0.1) is 0 Å². The lowest BCUT2D eigenvalue weighted by Gasteiger charge is -2.21. The van der Waals surface area contributed by atoms with E-state index in [-0.39, 0.29) is 11.8 Å². The number of amides is 2. The summed E-state index contributed by atoms with van der Waals surface area (Å²) >= 11 is 1.38. The van der Waals surface area contributed by atoms with Gasteiger partial charge in [0.05, 0.1) is 5.69 Å². The number of anilines is 1. The molecule has 7 nitrogen and oxygen atoms in total. The third-order valence-electron chi connectivity index (χ3n) is 4.72. The summed E-state index contributed by atoms with van der Waals surface area (Å²) < 4.78 is 11.2. The number of fused-ring (bicyclic) bond motifs is 1. The van der Waals surface area contributed by atoms with E-state index in [4.69, 9.17) is 9.47 Å². The summed E-state index contributed by atoms with van der Waals surface area (Å²) in [6, 6.07) is 5.70. The van der Waals surface area contributed by atoms with Gasteiger partial charge in [-0.15, -0.1) is 11.3 Å². The van der Waals surface area contributed by atoms with Crippen LogP contribution >= 0.6 is 11.3 Å². The van der Waals surface area contributed by atoms with Crippen molar-refractivity contribution in [1.82, 2.24) is 9.88 Å². The molecule has 0 radical (unpaired) electrons. The highest BCUT2D eigenvalue weighted by atomic mass is 32.1. The second-order valence-corrected chi connectivity index (χ2v) is 8.04. The summed E-state index contributed by atoms with van der Waals surface area (Å²) in [7, 11) is 0. The van der Waals surface area contributed by atoms with Crippen molar-refractivity contribution in [2.75, 3.05) is 31.6 Å². The fourth-order valence-electron chi connectivity index (χ4n) is 3.31. The third kappa shape index (κ3) is 5.95. The van der Waals surface area contributed by atoms with Gasteiger partial charge in [0, 0.05) is 36.9 Å². The number of carbonyl (C=O) groups excluding carboxylic acids is 2. The number of hydrogen-bond donors (Lipinski definition) is 1. The molecule has 162 valence electrons. The zero-order valence-corrected chi connectivity index (χ0v) is 18.4. The minimum Gasteiger partial charge on any atom is -0.486 e. The number of thiazole rings is 1. The number of benzene rings is 1. The molecule has 0 saturated carbocycles. The quantitative estimate of drug-likeness (QED) is 0.605. The molecule has 0 saturated heterocycles. The molecule has 0 bridgehead atoms. The van der Waals surface area contributed by atoms with Gasteiger partial charge >= 0.3 is 0 Å². The molecule has 2 amide bonds. The van der Waals surface area contributed by atoms with Crippen LogP contribution in [-0.2, 0) is 9.59 Å². The Morgan fingerprint density at radius 2 is 1.83 bits per heavy atom. The van der Waals surface area contributed by atoms with Crippen LogP contribution in [0.25, 0.3) is 11.3 Å². The van der Waals surface area contributed by atoms with Gasteiger partial charge < -0.3 is 19.7 Å². The predicted octanol–water partition coefficient (Wildman–Crippen LogP) is 4.34. The summed E-state index contributed by atoms with van der Waals surface area (Å²) in [6.07, 6.45) is 3.13. The van der Waals surface area contributed by atoms with Gasteiger partial charge in [-0.25, -0.2) is 4.98 Å². The summed E-state index contributed by atoms with van der Waals surface area (Å²) in [4.78, 5) is 30.9. The number of nitrogens with zero attached hydrogens (tertiary/aromatic N) is 2. The molecule has 0 atom stereocenters. The van der Waals surface area contributed by atoms with Gasteiger partial charge in [0.25, 0.3) is 0 Å². The van der Waals surface area contributed by atoms with E-state index in [1.54, 1.807) is 0 Å². The molecule has 8 heteroatoms. The highest BCUT2D eigenvalue weighted by Gasteiger charge is 2.15. The Labute approximate surface area is 181 Å². The molecule has 0 unspecified atom stereocenters. The number of rotatable bonds is 10. The lowest BCUT2D eigenvalue weighted by molar-refractivity contribution is -0.131. The Hall–Kier alpha value is -2.61. The molecule has 2 heterocycles. The predicted molar refractivity (Wildman–Crippen MR) is 118 cm³/mol. The zero-order valence-electron chi connectivity index (χ0n) is 17.6. The average molecular weight is 432 g/mol. The van der Waals surface area contributed by atoms with Crippen LogP contribution in [0.4, 0.5) is 5.13 Å². The van der Waals surface area contributed by atoms with E-state index in [0.29, 0.717) is 43.4 Å². The number of nitrogens with one attached hydrogen (secondary N) is 1. The first kappa shape index (κ1) is 22.1. The Bertz CT molecular complexity index is 862. The average Bonchev–Trinajstić information content (AvgIpc) is 3.21. The van der Waals surface area contributed by atoms with Crippen molar-refractivity contribution in [2.45, 2.75) is 46.0 Å². The number of ether oxygens (including phenoxy) is 2. The standard InChI is InChI=1S/C22H29N3O4S/c1-3-10-25(11-4-2)21(27)7-5-6-20(26)24-22-23-17(15-30-22)16-8-9-18-19(14-16)29-13-12-28-18/h8-9,14-15H,3-7,10-13H2,1-2H3,(H,23,24,26). The van der Waals surface area contributed by atoms with Crippen LogP contribution in [0.15, 0.2) is 23.6 Å². The molecule has 2 aromatic rings. The maximum Gasteiger partial charge on any atom is 0.226 e. The van der Waals surface area contributed by atoms with E-state index < -0.39 is 0 Å². The number of hydrogen-bond acceptors (Lipinski definition) is 6. The molecule has 1 aliphatic rings. The van der Waals surface area contributed by atoms with Crippen LogP contribution in [0.3, 0.4) is 0 Å². The van der Waals surface area contributed by atoms with Crippen LogP contribution in [-0.4, -0.2) is 48.0 Å². The summed E-state index contributed by atoms with van der Waals surface area (Å²) in [5.74, 6) is 1.45. The normalized spacial score (nSPS) is 12.5. The lowest BCUT2D eigenvalue weighted by atomic mass is 10.1. The van der Waals surface area contributed by atoms with Gasteiger partial charge in [0.1, 0.15) is 13.2 Å². The maximum atomic E-state index is 12.3. The first-order valence-corrected chi connectivity index (χ1v) is 11.4. The largest absolute Gasteiger partial charge is 0.486 e. The lowest BCUT2D eigenvalue weighted by Crippen LogP contribution is -2.32. The molecule has 0 aliphatic carbocycles. The van der Waals surface area contributed by atoms with Crippen LogP contribution < -0.4 is 14.8 Å². The zero-order chi connectivity index (χ0) is 21.3. The Morgan fingerprint density at radius 1 is 1.10 bits per heavy atom. The van der Waals surface area contributed by atoms with Crippen LogP contribution in [0.1, 0.15) is 46.0 Å². The van der Waals surface area contributed by atoms with Gasteiger partial charge in [-0.3, -0.25) is 9.59 Å². The minimum absolute atomic E-state index is 0.122. The first-order chi connectivity index (χ1) is 14.6. The molecule has 1 aliphatic heterocycles. The SMILES string of the molecule is CCCN(CCC)C(=O)CCCC(=O)Nc1nc(-c2ccc3c(c2)OCCO3)cs1. The molecule has 3 rings (SSSR count). The second-order valence-electron chi connectivity index (χ2n) is 7.18. The van der Waals surface area contributed by atoms with Gasteiger partial charge in [-0.05, 0) is 37.5 Å². The van der Waals surface area contributed by atoms with Crippen molar-refractivity contribution in [3.63, 3.8) is 0 Å². The summed E-state index contributed by atoms with van der Waals surface area (Å²) in [6.45, 7) is 6.78. The topological polar surface area (TPSA) is 80.8 Å². The monoisotopic (exact) mass is 431 g/mol. The van der Waals surface area contributed by atoms with E-state index in [1.165, 1.54) is 11.3 Å². The molecule has 1 aromatic carbocycles. The fraction of sp³-hybridized carbons (Fsp3) is 0.500. The summed E-state index contributed by atoms with van der Waals surface area (Å²) in [5, 5.41) is 5.29. The molecule has 0 spiro atoms. The maximum absolute atomic E-state index is 12.3. The van der Waals surface area contributed by atoms with Crippen molar-refractivity contribution >= 4 is 28.3 Å². The van der Waals surface area contributed by atoms with E-state index >= 15 is 0 Å². The van der Waals surface area contributed by atoms with E-state index in [2.05, 4.69) is 24.1 Å². The molecule has 0 fully saturated rings. The van der Waals surface area contributed by atoms with Crippen molar-refractivity contribution < 1.29 is 19.1 Å². The van der Waals surface area contributed by atoms with E-state index in [9.17, 15) is 9.59 Å². The third-order valence-corrected chi connectivity index (χ3v) is 5.48. The summed E-state index contributed by atoms with van der Waals surface area (Å²) in [5.41, 5.74) is 1.69. The smallest absolute Gasteiger partial charge is 0.226 e. The highest BCUT2D eigenvalue weighted by Crippen LogP contribution is 2.35. The van der Waals surface area contributed by atoms with Crippen LogP contribution in [0.2, 0.25) is 0 Å². The van der Waals surface area contributed by atoms with Gasteiger partial charge in [-0.2, -0.15) is 0 Å². The van der Waals surface area contributed by atoms with Crippen molar-refractivity contribution in [3.05, 3.63) is 23.6 Å². The van der Waals surface area contributed by atoms with E-state index in [0.717, 1.165) is 42.9 Å². The van der Waals surface area contributed by atoms with E-state index in [1.807, 2.05) is 28.5 Å². The van der Waals surface area contributed by atoms with Crippen molar-refractivity contribution in [3.8, 4) is 22.8 Å². The van der Waals surface area contributed by atoms with Crippen molar-refractivity contribution in [2.24, 2.45) is 0 Å². The molecular weight excluding hydrogens is 402 g/mol. The van der Waals surface area contributed by atoms with Gasteiger partial charge in [0.2, 0.25) is 11.8 Å². The molecule has 1 N–H and O–H groups in total. The molecule has 30 heavy (non-hydrogen) atoms. The van der Waals surface area contributed by atoms with Gasteiger partial charge in [-0.1, -0.05) is 13.8 Å². The molecule has 1 aromatic heterocycles.